The average Bonchev–Trinajstić information content (AvgIpc) is 2.48. The number of hydrogen-bond acceptors (Lipinski definition) is 4. The van der Waals surface area contributed by atoms with E-state index in [1.807, 2.05) is 19.2 Å². The van der Waals surface area contributed by atoms with Crippen LogP contribution in [-0.2, 0) is 10.0 Å². The van der Waals surface area contributed by atoms with Crippen molar-refractivity contribution >= 4 is 15.7 Å². The van der Waals surface area contributed by atoms with E-state index in [0.717, 1.165) is 31.2 Å². The Morgan fingerprint density at radius 2 is 1.76 bits per heavy atom. The van der Waals surface area contributed by atoms with Crippen LogP contribution in [0.15, 0.2) is 29.2 Å². The van der Waals surface area contributed by atoms with Gasteiger partial charge in [-0.2, -0.15) is 0 Å². The lowest BCUT2D eigenvalue weighted by Gasteiger charge is -2.33. The fourth-order valence-electron chi connectivity index (χ4n) is 2.72. The SMILES string of the molecule is CNCC1CCN(c2ccc(S(=O)(=O)N(C)C)cc2)CC1. The highest BCUT2D eigenvalue weighted by molar-refractivity contribution is 7.89. The average molecular weight is 311 g/mol. The van der Waals surface area contributed by atoms with Gasteiger partial charge in [-0.05, 0) is 56.6 Å². The summed E-state index contributed by atoms with van der Waals surface area (Å²) in [6, 6.07) is 7.22. The highest BCUT2D eigenvalue weighted by Gasteiger charge is 2.20. The molecule has 0 bridgehead atoms. The van der Waals surface area contributed by atoms with Crippen LogP contribution >= 0.6 is 0 Å². The van der Waals surface area contributed by atoms with Gasteiger partial charge in [-0.3, -0.25) is 0 Å². The van der Waals surface area contributed by atoms with E-state index in [1.165, 1.54) is 17.1 Å². The van der Waals surface area contributed by atoms with E-state index in [4.69, 9.17) is 0 Å². The maximum absolute atomic E-state index is 12.0. The molecule has 1 aliphatic rings. The number of rotatable bonds is 5. The molecule has 6 heteroatoms. The van der Waals surface area contributed by atoms with E-state index < -0.39 is 10.0 Å². The maximum atomic E-state index is 12.0. The molecular weight excluding hydrogens is 286 g/mol. The zero-order chi connectivity index (χ0) is 15.5. The van der Waals surface area contributed by atoms with Crippen molar-refractivity contribution in [1.82, 2.24) is 9.62 Å². The van der Waals surface area contributed by atoms with Crippen LogP contribution in [0.1, 0.15) is 12.8 Å². The Kier molecular flexibility index (Phi) is 5.24. The summed E-state index contributed by atoms with van der Waals surface area (Å²) < 4.78 is 25.3. The van der Waals surface area contributed by atoms with E-state index in [-0.39, 0.29) is 0 Å². The first-order valence-electron chi connectivity index (χ1n) is 7.37. The number of piperidine rings is 1. The fourth-order valence-corrected chi connectivity index (χ4v) is 3.63. The quantitative estimate of drug-likeness (QED) is 0.892. The molecule has 1 aliphatic heterocycles. The van der Waals surface area contributed by atoms with E-state index in [2.05, 4.69) is 10.2 Å². The second-order valence-corrected chi connectivity index (χ2v) is 7.92. The van der Waals surface area contributed by atoms with Gasteiger partial charge in [0, 0.05) is 32.9 Å². The van der Waals surface area contributed by atoms with Crippen LogP contribution in [0.2, 0.25) is 0 Å². The van der Waals surface area contributed by atoms with Crippen LogP contribution in [0, 0.1) is 5.92 Å². The summed E-state index contributed by atoms with van der Waals surface area (Å²) in [5, 5.41) is 3.24. The van der Waals surface area contributed by atoms with Crippen molar-refractivity contribution in [3.05, 3.63) is 24.3 Å². The molecule has 1 aromatic rings. The normalized spacial score (nSPS) is 17.4. The Hall–Kier alpha value is -1.11. The lowest BCUT2D eigenvalue weighted by Crippen LogP contribution is -2.36. The number of hydrogen-bond donors (Lipinski definition) is 1. The monoisotopic (exact) mass is 311 g/mol. The minimum absolute atomic E-state index is 0.348. The lowest BCUT2D eigenvalue weighted by atomic mass is 9.96. The zero-order valence-corrected chi connectivity index (χ0v) is 13.9. The second kappa shape index (κ2) is 6.77. The second-order valence-electron chi connectivity index (χ2n) is 5.77. The van der Waals surface area contributed by atoms with E-state index in [1.54, 1.807) is 26.2 Å². The number of nitrogens with zero attached hydrogens (tertiary/aromatic N) is 2. The largest absolute Gasteiger partial charge is 0.372 e. The molecule has 0 aliphatic carbocycles. The molecule has 0 spiro atoms. The zero-order valence-electron chi connectivity index (χ0n) is 13.0. The molecule has 0 saturated carbocycles. The smallest absolute Gasteiger partial charge is 0.242 e. The predicted molar refractivity (Wildman–Crippen MR) is 86.2 cm³/mol. The summed E-state index contributed by atoms with van der Waals surface area (Å²) >= 11 is 0. The highest BCUT2D eigenvalue weighted by atomic mass is 32.2. The summed E-state index contributed by atoms with van der Waals surface area (Å²) in [5.74, 6) is 0.750. The van der Waals surface area contributed by atoms with E-state index in [9.17, 15) is 8.42 Å². The lowest BCUT2D eigenvalue weighted by molar-refractivity contribution is 0.393. The Morgan fingerprint density at radius 3 is 2.24 bits per heavy atom. The summed E-state index contributed by atoms with van der Waals surface area (Å²) in [6.07, 6.45) is 2.36. The molecule has 0 unspecified atom stereocenters. The first-order chi connectivity index (χ1) is 9.95. The predicted octanol–water partition coefficient (Wildman–Crippen LogP) is 1.37. The topological polar surface area (TPSA) is 52.7 Å². The Balaban J connectivity index is 2.04. The van der Waals surface area contributed by atoms with Crippen molar-refractivity contribution in [3.63, 3.8) is 0 Å². The van der Waals surface area contributed by atoms with Crippen LogP contribution in [0.25, 0.3) is 0 Å². The van der Waals surface area contributed by atoms with Gasteiger partial charge in [0.05, 0.1) is 4.90 Å². The summed E-state index contributed by atoms with van der Waals surface area (Å²) in [4.78, 5) is 2.68. The van der Waals surface area contributed by atoms with E-state index >= 15 is 0 Å². The number of anilines is 1. The summed E-state index contributed by atoms with van der Waals surface area (Å²) in [5.41, 5.74) is 1.11. The third-order valence-corrected chi connectivity index (χ3v) is 5.92. The molecule has 1 aromatic carbocycles. The van der Waals surface area contributed by atoms with Gasteiger partial charge in [-0.25, -0.2) is 12.7 Å². The molecule has 1 N–H and O–H groups in total. The minimum Gasteiger partial charge on any atom is -0.372 e. The molecular formula is C15H25N3O2S. The maximum Gasteiger partial charge on any atom is 0.242 e. The fraction of sp³-hybridized carbons (Fsp3) is 0.600. The standard InChI is InChI=1S/C15H25N3O2S/c1-16-12-13-8-10-18(11-9-13)14-4-6-15(7-5-14)21(19,20)17(2)3/h4-7,13,16H,8-12H2,1-3H3. The first kappa shape index (κ1) is 16.3. The summed E-state index contributed by atoms with van der Waals surface area (Å²) in [7, 11) is 1.77. The van der Waals surface area contributed by atoms with E-state index in [0.29, 0.717) is 4.90 Å². The Labute approximate surface area is 128 Å². The van der Waals surface area contributed by atoms with Crippen molar-refractivity contribution in [3.8, 4) is 0 Å². The van der Waals surface area contributed by atoms with Gasteiger partial charge in [0.15, 0.2) is 0 Å². The third-order valence-electron chi connectivity index (χ3n) is 4.09. The summed E-state index contributed by atoms with van der Waals surface area (Å²) in [6.45, 7) is 3.14. The minimum atomic E-state index is -3.33. The van der Waals surface area contributed by atoms with Crippen molar-refractivity contribution in [2.75, 3.05) is 45.7 Å². The van der Waals surface area contributed by atoms with Gasteiger partial charge in [-0.1, -0.05) is 0 Å². The van der Waals surface area contributed by atoms with Gasteiger partial charge in [0.25, 0.3) is 0 Å². The van der Waals surface area contributed by atoms with Crippen molar-refractivity contribution in [2.45, 2.75) is 17.7 Å². The van der Waals surface area contributed by atoms with Gasteiger partial charge < -0.3 is 10.2 Å². The van der Waals surface area contributed by atoms with Crippen molar-refractivity contribution < 1.29 is 8.42 Å². The van der Waals surface area contributed by atoms with Crippen LogP contribution in [0.4, 0.5) is 5.69 Å². The van der Waals surface area contributed by atoms with Gasteiger partial charge in [-0.15, -0.1) is 0 Å². The molecule has 0 radical (unpaired) electrons. The molecule has 0 aromatic heterocycles. The van der Waals surface area contributed by atoms with Crippen LogP contribution in [0.3, 0.4) is 0 Å². The number of nitrogens with one attached hydrogen (secondary N) is 1. The Morgan fingerprint density at radius 1 is 1.19 bits per heavy atom. The van der Waals surface area contributed by atoms with Crippen molar-refractivity contribution in [1.29, 1.82) is 0 Å². The molecule has 118 valence electrons. The number of sulfonamides is 1. The Bertz CT molecular complexity index is 547. The highest BCUT2D eigenvalue weighted by Crippen LogP contribution is 2.24. The molecule has 5 nitrogen and oxygen atoms in total. The molecule has 0 amide bonds. The molecule has 1 fully saturated rings. The van der Waals surface area contributed by atoms with Gasteiger partial charge >= 0.3 is 0 Å². The van der Waals surface area contributed by atoms with Gasteiger partial charge in [0.1, 0.15) is 0 Å². The number of benzene rings is 1. The van der Waals surface area contributed by atoms with Crippen molar-refractivity contribution in [2.24, 2.45) is 5.92 Å². The molecule has 1 saturated heterocycles. The van der Waals surface area contributed by atoms with Crippen LogP contribution in [0.5, 0.6) is 0 Å². The third kappa shape index (κ3) is 3.75. The molecule has 2 rings (SSSR count). The van der Waals surface area contributed by atoms with Gasteiger partial charge in [0.2, 0.25) is 10.0 Å². The van der Waals surface area contributed by atoms with Crippen LogP contribution < -0.4 is 10.2 Å². The molecule has 0 atom stereocenters. The van der Waals surface area contributed by atoms with Crippen LogP contribution in [-0.4, -0.2) is 53.5 Å². The first-order valence-corrected chi connectivity index (χ1v) is 8.81. The molecule has 21 heavy (non-hydrogen) atoms. The molecule has 1 heterocycles.